The fourth-order valence-corrected chi connectivity index (χ4v) is 2.85. The van der Waals surface area contributed by atoms with Crippen LogP contribution >= 0.6 is 0 Å². The van der Waals surface area contributed by atoms with E-state index in [9.17, 15) is 4.79 Å². The topological polar surface area (TPSA) is 67.9 Å². The van der Waals surface area contributed by atoms with Crippen molar-refractivity contribution in [3.05, 3.63) is 66.2 Å². The highest BCUT2D eigenvalue weighted by atomic mass is 16.5. The first-order valence-electron chi connectivity index (χ1n) is 7.83. The van der Waals surface area contributed by atoms with Crippen LogP contribution in [0.25, 0.3) is 33.3 Å². The van der Waals surface area contributed by atoms with Crippen molar-refractivity contribution in [2.24, 2.45) is 0 Å². The molecule has 122 valence electrons. The van der Waals surface area contributed by atoms with E-state index in [1.165, 1.54) is 0 Å². The lowest BCUT2D eigenvalue weighted by atomic mass is 10.0. The van der Waals surface area contributed by atoms with Gasteiger partial charge in [-0.05, 0) is 29.0 Å². The number of benzene rings is 3. The number of nitrogens with zero attached hydrogens (tertiary/aromatic N) is 2. The second-order valence-corrected chi connectivity index (χ2v) is 5.69. The van der Waals surface area contributed by atoms with Gasteiger partial charge < -0.3 is 4.74 Å². The zero-order valence-electron chi connectivity index (χ0n) is 13.6. The molecule has 5 heteroatoms. The van der Waals surface area contributed by atoms with E-state index >= 15 is 0 Å². The largest absolute Gasteiger partial charge is 0.497 e. The summed E-state index contributed by atoms with van der Waals surface area (Å²) in [6, 6.07) is 19.4. The van der Waals surface area contributed by atoms with Crippen molar-refractivity contribution in [1.29, 1.82) is 0 Å². The number of hydrogen-bond acceptors (Lipinski definition) is 4. The van der Waals surface area contributed by atoms with Crippen LogP contribution in [0.3, 0.4) is 0 Å². The summed E-state index contributed by atoms with van der Waals surface area (Å²) in [5, 5.41) is 13.5. The van der Waals surface area contributed by atoms with Crippen molar-refractivity contribution >= 4 is 17.1 Å². The van der Waals surface area contributed by atoms with Gasteiger partial charge in [0, 0.05) is 16.7 Å². The lowest BCUT2D eigenvalue weighted by Crippen LogP contribution is -1.87. The van der Waals surface area contributed by atoms with E-state index in [1.54, 1.807) is 19.2 Å². The molecule has 1 N–H and O–H groups in total. The predicted molar refractivity (Wildman–Crippen MR) is 96.7 cm³/mol. The Morgan fingerprint density at radius 3 is 2.20 bits per heavy atom. The number of aldehydes is 1. The first kappa shape index (κ1) is 15.1. The van der Waals surface area contributed by atoms with Gasteiger partial charge >= 0.3 is 0 Å². The smallest absolute Gasteiger partial charge is 0.150 e. The van der Waals surface area contributed by atoms with Crippen molar-refractivity contribution in [2.75, 3.05) is 7.11 Å². The average molecular weight is 329 g/mol. The minimum atomic E-state index is 0.633. The highest BCUT2D eigenvalue weighted by Crippen LogP contribution is 2.31. The lowest BCUT2D eigenvalue weighted by Gasteiger charge is -2.06. The summed E-state index contributed by atoms with van der Waals surface area (Å²) in [6.07, 6.45) is 0.824. The van der Waals surface area contributed by atoms with Crippen molar-refractivity contribution in [3.63, 3.8) is 0 Å². The van der Waals surface area contributed by atoms with Crippen LogP contribution in [0.5, 0.6) is 5.75 Å². The molecule has 0 spiro atoms. The molecule has 0 aliphatic carbocycles. The zero-order chi connectivity index (χ0) is 17.2. The molecule has 0 atom stereocenters. The maximum Gasteiger partial charge on any atom is 0.150 e. The Kier molecular flexibility index (Phi) is 3.74. The van der Waals surface area contributed by atoms with Gasteiger partial charge in [0.25, 0.3) is 0 Å². The molecule has 0 unspecified atom stereocenters. The van der Waals surface area contributed by atoms with E-state index in [-0.39, 0.29) is 0 Å². The molecule has 0 radical (unpaired) electrons. The Bertz CT molecular complexity index is 1050. The molecule has 4 aromatic rings. The number of ether oxygens (including phenoxy) is 1. The number of carbonyl (C=O) groups excluding carboxylic acids is 1. The van der Waals surface area contributed by atoms with Crippen molar-refractivity contribution in [2.45, 2.75) is 0 Å². The molecule has 0 saturated carbocycles. The maximum absolute atomic E-state index is 10.8. The highest BCUT2D eigenvalue weighted by Gasteiger charge is 2.13. The highest BCUT2D eigenvalue weighted by molar-refractivity contribution is 5.90. The number of nitrogens with one attached hydrogen (secondary N) is 1. The second kappa shape index (κ2) is 6.20. The molecule has 25 heavy (non-hydrogen) atoms. The summed E-state index contributed by atoms with van der Waals surface area (Å²) >= 11 is 0. The third-order valence-electron chi connectivity index (χ3n) is 4.19. The summed E-state index contributed by atoms with van der Waals surface area (Å²) in [7, 11) is 1.66. The molecular weight excluding hydrogens is 314 g/mol. The Hall–Kier alpha value is -3.47. The maximum atomic E-state index is 10.8. The van der Waals surface area contributed by atoms with Crippen LogP contribution in [0.1, 0.15) is 10.4 Å². The molecule has 3 aromatic carbocycles. The van der Waals surface area contributed by atoms with Gasteiger partial charge in [-0.15, -0.1) is 0 Å². The van der Waals surface area contributed by atoms with E-state index in [0.717, 1.165) is 45.3 Å². The van der Waals surface area contributed by atoms with Crippen LogP contribution in [0.4, 0.5) is 0 Å². The number of methoxy groups -OCH3 is 1. The van der Waals surface area contributed by atoms with Gasteiger partial charge in [0.1, 0.15) is 23.4 Å². The number of carbonyl (C=O) groups is 1. The standard InChI is InChI=1S/C20H15N3O2/c1-25-18-9-8-15-10-17(7-6-16(15)11-18)20-19(21-23-22-20)14-4-2-13(12-24)3-5-14/h2-12H,1H3,(H,21,22,23). The molecule has 0 aliphatic heterocycles. The number of rotatable bonds is 4. The van der Waals surface area contributed by atoms with Crippen LogP contribution in [-0.2, 0) is 0 Å². The van der Waals surface area contributed by atoms with Crippen LogP contribution in [0, 0.1) is 0 Å². The minimum absolute atomic E-state index is 0.633. The number of aromatic nitrogens is 3. The predicted octanol–water partition coefficient (Wildman–Crippen LogP) is 4.11. The Labute approximate surface area is 144 Å². The summed E-state index contributed by atoms with van der Waals surface area (Å²) in [4.78, 5) is 10.8. The van der Waals surface area contributed by atoms with E-state index in [1.807, 2.05) is 42.5 Å². The summed E-state index contributed by atoms with van der Waals surface area (Å²) in [6.45, 7) is 0. The van der Waals surface area contributed by atoms with Gasteiger partial charge in [-0.3, -0.25) is 4.79 Å². The first-order chi connectivity index (χ1) is 12.3. The van der Waals surface area contributed by atoms with E-state index in [0.29, 0.717) is 5.56 Å². The molecular formula is C20H15N3O2. The van der Waals surface area contributed by atoms with Crippen LogP contribution in [-0.4, -0.2) is 28.8 Å². The molecule has 0 aliphatic rings. The average Bonchev–Trinajstić information content (AvgIpc) is 3.17. The van der Waals surface area contributed by atoms with Crippen LogP contribution in [0.2, 0.25) is 0 Å². The van der Waals surface area contributed by atoms with Gasteiger partial charge in [-0.1, -0.05) is 42.5 Å². The Morgan fingerprint density at radius 2 is 1.48 bits per heavy atom. The fourth-order valence-electron chi connectivity index (χ4n) is 2.85. The fraction of sp³-hybridized carbons (Fsp3) is 0.0500. The summed E-state index contributed by atoms with van der Waals surface area (Å²) in [5.74, 6) is 0.831. The van der Waals surface area contributed by atoms with Gasteiger partial charge in [-0.2, -0.15) is 15.4 Å². The van der Waals surface area contributed by atoms with Gasteiger partial charge in [0.15, 0.2) is 0 Å². The van der Waals surface area contributed by atoms with Crippen LogP contribution in [0.15, 0.2) is 60.7 Å². The monoisotopic (exact) mass is 329 g/mol. The molecule has 1 heterocycles. The van der Waals surface area contributed by atoms with Crippen molar-refractivity contribution < 1.29 is 9.53 Å². The van der Waals surface area contributed by atoms with Gasteiger partial charge in [0.05, 0.1) is 7.11 Å². The summed E-state index contributed by atoms with van der Waals surface area (Å²) in [5.41, 5.74) is 4.04. The van der Waals surface area contributed by atoms with Gasteiger partial charge in [-0.25, -0.2) is 0 Å². The molecule has 0 saturated heterocycles. The quantitative estimate of drug-likeness (QED) is 0.572. The molecule has 0 bridgehead atoms. The molecule has 0 fully saturated rings. The second-order valence-electron chi connectivity index (χ2n) is 5.69. The van der Waals surface area contributed by atoms with Crippen molar-refractivity contribution in [1.82, 2.24) is 15.4 Å². The van der Waals surface area contributed by atoms with Crippen LogP contribution < -0.4 is 4.74 Å². The molecule has 1 aromatic heterocycles. The molecule has 4 rings (SSSR count). The number of hydrogen-bond donors (Lipinski definition) is 1. The van der Waals surface area contributed by atoms with Crippen molar-refractivity contribution in [3.8, 4) is 28.3 Å². The Balaban J connectivity index is 1.78. The first-order valence-corrected chi connectivity index (χ1v) is 7.83. The molecule has 0 amide bonds. The summed E-state index contributed by atoms with van der Waals surface area (Å²) < 4.78 is 5.27. The van der Waals surface area contributed by atoms with E-state index < -0.39 is 0 Å². The van der Waals surface area contributed by atoms with E-state index in [2.05, 4.69) is 21.5 Å². The normalized spacial score (nSPS) is 10.8. The Morgan fingerprint density at radius 1 is 0.840 bits per heavy atom. The molecule has 5 nitrogen and oxygen atoms in total. The zero-order valence-corrected chi connectivity index (χ0v) is 13.6. The minimum Gasteiger partial charge on any atom is -0.497 e. The SMILES string of the molecule is COc1ccc2cc(-c3n[nH]nc3-c3ccc(C=O)cc3)ccc2c1. The number of H-pyrrole nitrogens is 1. The number of aromatic amines is 1. The van der Waals surface area contributed by atoms with Gasteiger partial charge in [0.2, 0.25) is 0 Å². The van der Waals surface area contributed by atoms with E-state index in [4.69, 9.17) is 4.74 Å². The number of fused-ring (bicyclic) bond motifs is 1. The lowest BCUT2D eigenvalue weighted by molar-refractivity contribution is 0.112. The third kappa shape index (κ3) is 2.76. The third-order valence-corrected chi connectivity index (χ3v) is 4.19.